The van der Waals surface area contributed by atoms with E-state index < -0.39 is 6.04 Å². The van der Waals surface area contributed by atoms with Crippen molar-refractivity contribution in [2.75, 3.05) is 24.3 Å². The van der Waals surface area contributed by atoms with Gasteiger partial charge in [0.2, 0.25) is 11.8 Å². The SMILES string of the molecule is CN(C)c1ccc(NC2CC(=O)NC2=O)cc1. The largest absolute Gasteiger partial charge is 0.378 e. The van der Waals surface area contributed by atoms with E-state index in [0.29, 0.717) is 0 Å². The number of benzene rings is 1. The molecule has 0 aliphatic carbocycles. The maximum atomic E-state index is 11.4. The van der Waals surface area contributed by atoms with E-state index in [4.69, 9.17) is 0 Å². The Hall–Kier alpha value is -2.04. The number of nitrogens with one attached hydrogen (secondary N) is 2. The highest BCUT2D eigenvalue weighted by molar-refractivity contribution is 6.06. The molecular weight excluding hydrogens is 218 g/mol. The summed E-state index contributed by atoms with van der Waals surface area (Å²) in [6.07, 6.45) is 0.203. The van der Waals surface area contributed by atoms with Crippen molar-refractivity contribution in [1.29, 1.82) is 0 Å². The maximum absolute atomic E-state index is 11.4. The number of carbonyl (C=O) groups excluding carboxylic acids is 2. The van der Waals surface area contributed by atoms with Gasteiger partial charge in [-0.05, 0) is 24.3 Å². The quantitative estimate of drug-likeness (QED) is 0.750. The van der Waals surface area contributed by atoms with Crippen LogP contribution in [0.25, 0.3) is 0 Å². The molecule has 2 rings (SSSR count). The fourth-order valence-electron chi connectivity index (χ4n) is 1.73. The van der Waals surface area contributed by atoms with Gasteiger partial charge < -0.3 is 10.2 Å². The number of nitrogens with zero attached hydrogens (tertiary/aromatic N) is 1. The van der Waals surface area contributed by atoms with E-state index in [-0.39, 0.29) is 18.2 Å². The third kappa shape index (κ3) is 2.55. The number of hydrogen-bond acceptors (Lipinski definition) is 4. The first-order valence-electron chi connectivity index (χ1n) is 5.44. The summed E-state index contributed by atoms with van der Waals surface area (Å²) in [6.45, 7) is 0. The third-order valence-electron chi connectivity index (χ3n) is 2.69. The van der Waals surface area contributed by atoms with E-state index in [1.807, 2.05) is 43.3 Å². The number of amides is 2. The molecule has 1 aromatic carbocycles. The fraction of sp³-hybridized carbons (Fsp3) is 0.333. The van der Waals surface area contributed by atoms with Gasteiger partial charge in [0, 0.05) is 25.5 Å². The second-order valence-corrected chi connectivity index (χ2v) is 4.25. The monoisotopic (exact) mass is 233 g/mol. The number of imide groups is 1. The molecule has 0 saturated carbocycles. The summed E-state index contributed by atoms with van der Waals surface area (Å²) < 4.78 is 0. The van der Waals surface area contributed by atoms with Gasteiger partial charge in [-0.2, -0.15) is 0 Å². The van der Waals surface area contributed by atoms with Crippen LogP contribution in [0.2, 0.25) is 0 Å². The number of carbonyl (C=O) groups is 2. The van der Waals surface area contributed by atoms with Crippen molar-refractivity contribution in [3.63, 3.8) is 0 Å². The van der Waals surface area contributed by atoms with Crippen molar-refractivity contribution in [2.24, 2.45) is 0 Å². The van der Waals surface area contributed by atoms with E-state index in [1.54, 1.807) is 0 Å². The van der Waals surface area contributed by atoms with Crippen LogP contribution < -0.4 is 15.5 Å². The number of hydrogen-bond donors (Lipinski definition) is 2. The van der Waals surface area contributed by atoms with Gasteiger partial charge in [0.15, 0.2) is 0 Å². The molecule has 1 heterocycles. The molecule has 0 radical (unpaired) electrons. The van der Waals surface area contributed by atoms with Crippen LogP contribution in [0.4, 0.5) is 11.4 Å². The molecule has 5 heteroatoms. The van der Waals surface area contributed by atoms with Crippen LogP contribution in [0, 0.1) is 0 Å². The molecule has 1 atom stereocenters. The van der Waals surface area contributed by atoms with Crippen molar-refractivity contribution in [2.45, 2.75) is 12.5 Å². The van der Waals surface area contributed by atoms with Gasteiger partial charge in [0.1, 0.15) is 6.04 Å². The van der Waals surface area contributed by atoms with E-state index in [0.717, 1.165) is 11.4 Å². The van der Waals surface area contributed by atoms with Gasteiger partial charge in [0.25, 0.3) is 0 Å². The smallest absolute Gasteiger partial charge is 0.249 e. The molecular formula is C12H15N3O2. The van der Waals surface area contributed by atoms with Crippen LogP contribution >= 0.6 is 0 Å². The van der Waals surface area contributed by atoms with E-state index in [1.165, 1.54) is 0 Å². The second-order valence-electron chi connectivity index (χ2n) is 4.25. The minimum absolute atomic E-state index is 0.203. The lowest BCUT2D eigenvalue weighted by atomic mass is 10.2. The first kappa shape index (κ1) is 11.4. The second kappa shape index (κ2) is 4.45. The zero-order valence-electron chi connectivity index (χ0n) is 9.86. The summed E-state index contributed by atoms with van der Waals surface area (Å²) >= 11 is 0. The summed E-state index contributed by atoms with van der Waals surface area (Å²) in [6, 6.07) is 7.25. The zero-order chi connectivity index (χ0) is 12.4. The maximum Gasteiger partial charge on any atom is 0.249 e. The van der Waals surface area contributed by atoms with Crippen LogP contribution in [0.15, 0.2) is 24.3 Å². The Balaban J connectivity index is 2.04. The molecule has 0 spiro atoms. The minimum atomic E-state index is -0.451. The van der Waals surface area contributed by atoms with Crippen molar-refractivity contribution in [3.8, 4) is 0 Å². The first-order valence-corrected chi connectivity index (χ1v) is 5.44. The van der Waals surface area contributed by atoms with Crippen LogP contribution in [0.3, 0.4) is 0 Å². The molecule has 90 valence electrons. The summed E-state index contributed by atoms with van der Waals surface area (Å²) in [7, 11) is 3.93. The minimum Gasteiger partial charge on any atom is -0.378 e. The summed E-state index contributed by atoms with van der Waals surface area (Å²) in [5, 5.41) is 5.30. The van der Waals surface area contributed by atoms with Crippen molar-refractivity contribution < 1.29 is 9.59 Å². The lowest BCUT2D eigenvalue weighted by Gasteiger charge is -2.14. The summed E-state index contributed by atoms with van der Waals surface area (Å²) in [4.78, 5) is 24.4. The molecule has 2 amide bonds. The normalized spacial score (nSPS) is 19.1. The summed E-state index contributed by atoms with van der Waals surface area (Å²) in [5.41, 5.74) is 1.92. The molecule has 1 aromatic rings. The van der Waals surface area contributed by atoms with Gasteiger partial charge in [-0.3, -0.25) is 14.9 Å². The molecule has 0 aromatic heterocycles. The van der Waals surface area contributed by atoms with E-state index in [2.05, 4.69) is 10.6 Å². The van der Waals surface area contributed by atoms with Crippen molar-refractivity contribution in [3.05, 3.63) is 24.3 Å². The average molecular weight is 233 g/mol. The van der Waals surface area contributed by atoms with Gasteiger partial charge in [-0.25, -0.2) is 0 Å². The highest BCUT2D eigenvalue weighted by atomic mass is 16.2. The van der Waals surface area contributed by atoms with Gasteiger partial charge >= 0.3 is 0 Å². The van der Waals surface area contributed by atoms with Gasteiger partial charge in [-0.15, -0.1) is 0 Å². The molecule has 1 aliphatic heterocycles. The zero-order valence-corrected chi connectivity index (χ0v) is 9.86. The van der Waals surface area contributed by atoms with Gasteiger partial charge in [0.05, 0.1) is 6.42 Å². The Morgan fingerprint density at radius 3 is 2.35 bits per heavy atom. The molecule has 0 bridgehead atoms. The van der Waals surface area contributed by atoms with Crippen LogP contribution in [0.5, 0.6) is 0 Å². The Labute approximate surface area is 99.8 Å². The lowest BCUT2D eigenvalue weighted by molar-refractivity contribution is -0.124. The Bertz CT molecular complexity index is 440. The molecule has 5 nitrogen and oxygen atoms in total. The van der Waals surface area contributed by atoms with Gasteiger partial charge in [-0.1, -0.05) is 0 Å². The topological polar surface area (TPSA) is 61.4 Å². The molecule has 1 aliphatic rings. The van der Waals surface area contributed by atoms with Crippen molar-refractivity contribution >= 4 is 23.2 Å². The van der Waals surface area contributed by atoms with Crippen LogP contribution in [-0.2, 0) is 9.59 Å². The predicted octanol–water partition coefficient (Wildman–Crippen LogP) is 0.580. The van der Waals surface area contributed by atoms with E-state index in [9.17, 15) is 9.59 Å². The molecule has 1 fully saturated rings. The van der Waals surface area contributed by atoms with Crippen LogP contribution in [0.1, 0.15) is 6.42 Å². The third-order valence-corrected chi connectivity index (χ3v) is 2.69. The first-order chi connectivity index (χ1) is 8.06. The van der Waals surface area contributed by atoms with Crippen molar-refractivity contribution in [1.82, 2.24) is 5.32 Å². The summed E-state index contributed by atoms with van der Waals surface area (Å²) in [5.74, 6) is -0.482. The lowest BCUT2D eigenvalue weighted by Crippen LogP contribution is -2.29. The van der Waals surface area contributed by atoms with E-state index >= 15 is 0 Å². The predicted molar refractivity (Wildman–Crippen MR) is 65.9 cm³/mol. The Morgan fingerprint density at radius 2 is 1.88 bits per heavy atom. The highest BCUT2D eigenvalue weighted by Gasteiger charge is 2.30. The molecule has 1 unspecified atom stereocenters. The standard InChI is InChI=1S/C12H15N3O2/c1-15(2)9-5-3-8(4-6-9)13-10-7-11(16)14-12(10)17/h3-6,10,13H,7H2,1-2H3,(H,14,16,17). The Kier molecular flexibility index (Phi) is 2.99. The molecule has 1 saturated heterocycles. The Morgan fingerprint density at radius 1 is 1.24 bits per heavy atom. The number of rotatable bonds is 3. The molecule has 2 N–H and O–H groups in total. The van der Waals surface area contributed by atoms with Crippen LogP contribution in [-0.4, -0.2) is 32.0 Å². The highest BCUT2D eigenvalue weighted by Crippen LogP contribution is 2.17. The molecule has 17 heavy (non-hydrogen) atoms. The average Bonchev–Trinajstić information content (AvgIpc) is 2.58. The fourth-order valence-corrected chi connectivity index (χ4v) is 1.73. The number of anilines is 2.